The Morgan fingerprint density at radius 3 is 2.76 bits per heavy atom. The van der Waals surface area contributed by atoms with Crippen LogP contribution in [0.2, 0.25) is 0 Å². The third-order valence-corrected chi connectivity index (χ3v) is 3.40. The zero-order valence-electron chi connectivity index (χ0n) is 10.7. The summed E-state index contributed by atoms with van der Waals surface area (Å²) < 4.78 is 0. The first-order valence-electron chi connectivity index (χ1n) is 6.06. The minimum atomic E-state index is -0.0518. The van der Waals surface area contributed by atoms with Crippen molar-refractivity contribution in [1.29, 1.82) is 0 Å². The molecule has 1 aromatic rings. The molecule has 2 heterocycles. The lowest BCUT2D eigenvalue weighted by atomic mass is 9.93. The first-order valence-corrected chi connectivity index (χ1v) is 6.06. The van der Waals surface area contributed by atoms with E-state index in [0.717, 1.165) is 31.6 Å². The van der Waals surface area contributed by atoms with Crippen LogP contribution in [0.3, 0.4) is 0 Å². The highest BCUT2D eigenvalue weighted by Gasteiger charge is 2.34. The predicted molar refractivity (Wildman–Crippen MR) is 66.7 cm³/mol. The summed E-state index contributed by atoms with van der Waals surface area (Å²) in [6, 6.07) is 0. The Morgan fingerprint density at radius 1 is 1.59 bits per heavy atom. The van der Waals surface area contributed by atoms with Crippen molar-refractivity contribution in [3.63, 3.8) is 0 Å². The van der Waals surface area contributed by atoms with Crippen LogP contribution >= 0.6 is 0 Å². The fraction of sp³-hybridized carbons (Fsp3) is 0.667. The van der Waals surface area contributed by atoms with Crippen LogP contribution in [-0.2, 0) is 6.42 Å². The van der Waals surface area contributed by atoms with Crippen molar-refractivity contribution in [1.82, 2.24) is 15.1 Å². The van der Waals surface area contributed by atoms with Gasteiger partial charge >= 0.3 is 0 Å². The molecule has 1 saturated heterocycles. The van der Waals surface area contributed by atoms with E-state index in [1.54, 1.807) is 0 Å². The van der Waals surface area contributed by atoms with Gasteiger partial charge in [0, 0.05) is 13.1 Å². The molecular weight excluding hydrogens is 216 g/mol. The lowest BCUT2D eigenvalue weighted by molar-refractivity contribution is 0.0773. The maximum atomic E-state index is 12.2. The maximum Gasteiger partial charge on any atom is 0.276 e. The lowest BCUT2D eigenvalue weighted by Crippen LogP contribution is -2.31. The molecule has 0 bridgehead atoms. The molecule has 0 atom stereocenters. The molecule has 5 heteroatoms. The second-order valence-corrected chi connectivity index (χ2v) is 5.46. The summed E-state index contributed by atoms with van der Waals surface area (Å²) in [6.07, 6.45) is 1.79. The summed E-state index contributed by atoms with van der Waals surface area (Å²) in [5.74, 6) is -0.0518. The number of amides is 1. The minimum absolute atomic E-state index is 0.0518. The molecule has 0 unspecified atom stereocenters. The number of nitrogens with one attached hydrogen (secondary N) is 1. The average molecular weight is 236 g/mol. The number of hydrogen-bond acceptors (Lipinski definition) is 3. The molecule has 3 N–H and O–H groups in total. The van der Waals surface area contributed by atoms with E-state index >= 15 is 0 Å². The smallest absolute Gasteiger partial charge is 0.276 e. The van der Waals surface area contributed by atoms with Crippen LogP contribution in [0.5, 0.6) is 0 Å². The SMILES string of the molecule is CCc1[nH]nc(C(=O)N2CCC(C)(C)C2)c1N. The number of rotatable bonds is 2. The third kappa shape index (κ3) is 2.14. The van der Waals surface area contributed by atoms with Crippen LogP contribution in [0.25, 0.3) is 0 Å². The van der Waals surface area contributed by atoms with Crippen LogP contribution in [0.15, 0.2) is 0 Å². The monoisotopic (exact) mass is 236 g/mol. The lowest BCUT2D eigenvalue weighted by Gasteiger charge is -2.19. The number of nitrogens with zero attached hydrogens (tertiary/aromatic N) is 2. The summed E-state index contributed by atoms with van der Waals surface area (Å²) in [5, 5.41) is 6.86. The molecule has 1 aromatic heterocycles. The van der Waals surface area contributed by atoms with Gasteiger partial charge in [-0.25, -0.2) is 0 Å². The van der Waals surface area contributed by atoms with E-state index in [1.165, 1.54) is 0 Å². The van der Waals surface area contributed by atoms with E-state index in [-0.39, 0.29) is 11.3 Å². The number of aryl methyl sites for hydroxylation is 1. The minimum Gasteiger partial charge on any atom is -0.395 e. The molecule has 1 aliphatic heterocycles. The quantitative estimate of drug-likeness (QED) is 0.815. The maximum absolute atomic E-state index is 12.2. The first-order chi connectivity index (χ1) is 7.94. The fourth-order valence-corrected chi connectivity index (χ4v) is 2.25. The van der Waals surface area contributed by atoms with Crippen molar-refractivity contribution in [2.24, 2.45) is 5.41 Å². The van der Waals surface area contributed by atoms with E-state index in [9.17, 15) is 4.79 Å². The van der Waals surface area contributed by atoms with E-state index in [4.69, 9.17) is 5.73 Å². The molecule has 0 spiro atoms. The summed E-state index contributed by atoms with van der Waals surface area (Å²) in [4.78, 5) is 14.1. The number of H-pyrrole nitrogens is 1. The van der Waals surface area contributed by atoms with Crippen LogP contribution < -0.4 is 5.73 Å². The van der Waals surface area contributed by atoms with Gasteiger partial charge in [-0.1, -0.05) is 20.8 Å². The highest BCUT2D eigenvalue weighted by molar-refractivity contribution is 5.97. The predicted octanol–water partition coefficient (Wildman–Crippen LogP) is 1.43. The molecule has 0 aliphatic carbocycles. The number of nitrogens with two attached hydrogens (primary N) is 1. The Morgan fingerprint density at radius 2 is 2.29 bits per heavy atom. The van der Waals surface area contributed by atoms with Crippen molar-refractivity contribution < 1.29 is 4.79 Å². The Bertz CT molecular complexity index is 436. The molecule has 17 heavy (non-hydrogen) atoms. The second-order valence-electron chi connectivity index (χ2n) is 5.46. The number of hydrogen-bond donors (Lipinski definition) is 2. The zero-order chi connectivity index (χ0) is 12.6. The summed E-state index contributed by atoms with van der Waals surface area (Å²) in [6.45, 7) is 7.90. The normalized spacial score (nSPS) is 18.6. The third-order valence-electron chi connectivity index (χ3n) is 3.40. The Kier molecular flexibility index (Phi) is 2.85. The highest BCUT2D eigenvalue weighted by atomic mass is 16.2. The molecule has 1 amide bonds. The van der Waals surface area contributed by atoms with Gasteiger partial charge in [0.1, 0.15) is 0 Å². The number of carbonyl (C=O) groups is 1. The Hall–Kier alpha value is -1.52. The topological polar surface area (TPSA) is 75.0 Å². The second kappa shape index (κ2) is 4.05. The van der Waals surface area contributed by atoms with Gasteiger partial charge in [-0.15, -0.1) is 0 Å². The zero-order valence-corrected chi connectivity index (χ0v) is 10.7. The van der Waals surface area contributed by atoms with E-state index in [0.29, 0.717) is 11.4 Å². The average Bonchev–Trinajstić information content (AvgIpc) is 2.80. The van der Waals surface area contributed by atoms with Crippen molar-refractivity contribution in [3.05, 3.63) is 11.4 Å². The molecule has 2 rings (SSSR count). The molecule has 1 aliphatic rings. The van der Waals surface area contributed by atoms with Gasteiger partial charge in [0.15, 0.2) is 5.69 Å². The van der Waals surface area contributed by atoms with Gasteiger partial charge in [-0.3, -0.25) is 9.89 Å². The van der Waals surface area contributed by atoms with Crippen molar-refractivity contribution >= 4 is 11.6 Å². The van der Waals surface area contributed by atoms with Gasteiger partial charge in [0.05, 0.1) is 11.4 Å². The molecule has 94 valence electrons. The van der Waals surface area contributed by atoms with Gasteiger partial charge < -0.3 is 10.6 Å². The van der Waals surface area contributed by atoms with Crippen LogP contribution in [0.1, 0.15) is 43.4 Å². The van der Waals surface area contributed by atoms with Gasteiger partial charge in [-0.2, -0.15) is 5.10 Å². The standard InChI is InChI=1S/C12H20N4O/c1-4-8-9(13)10(15-14-8)11(17)16-6-5-12(2,3)7-16/h4-7,13H2,1-3H3,(H,14,15). The molecule has 5 nitrogen and oxygen atoms in total. The Labute approximate surface area is 101 Å². The Balaban J connectivity index is 2.18. The van der Waals surface area contributed by atoms with Crippen molar-refractivity contribution in [3.8, 4) is 0 Å². The van der Waals surface area contributed by atoms with E-state index < -0.39 is 0 Å². The van der Waals surface area contributed by atoms with E-state index in [2.05, 4.69) is 24.0 Å². The molecular formula is C12H20N4O. The van der Waals surface area contributed by atoms with Crippen LogP contribution in [-0.4, -0.2) is 34.1 Å². The molecule has 0 saturated carbocycles. The number of aromatic nitrogens is 2. The van der Waals surface area contributed by atoms with E-state index in [1.807, 2.05) is 11.8 Å². The van der Waals surface area contributed by atoms with Crippen molar-refractivity contribution in [2.45, 2.75) is 33.6 Å². The van der Waals surface area contributed by atoms with Gasteiger partial charge in [0.2, 0.25) is 0 Å². The highest BCUT2D eigenvalue weighted by Crippen LogP contribution is 2.30. The van der Waals surface area contributed by atoms with Crippen molar-refractivity contribution in [2.75, 3.05) is 18.8 Å². The number of anilines is 1. The number of aromatic amines is 1. The van der Waals surface area contributed by atoms with Crippen LogP contribution in [0.4, 0.5) is 5.69 Å². The first kappa shape index (κ1) is 12.0. The molecule has 1 fully saturated rings. The fourth-order valence-electron chi connectivity index (χ4n) is 2.25. The number of carbonyl (C=O) groups excluding carboxylic acids is 1. The molecule has 0 aromatic carbocycles. The van der Waals surface area contributed by atoms with Crippen LogP contribution in [0, 0.1) is 5.41 Å². The van der Waals surface area contributed by atoms with Gasteiger partial charge in [-0.05, 0) is 18.3 Å². The number of likely N-dealkylation sites (tertiary alicyclic amines) is 1. The van der Waals surface area contributed by atoms with Gasteiger partial charge in [0.25, 0.3) is 5.91 Å². The number of nitrogen functional groups attached to an aromatic ring is 1. The summed E-state index contributed by atoms with van der Waals surface area (Å²) in [5.41, 5.74) is 7.83. The summed E-state index contributed by atoms with van der Waals surface area (Å²) >= 11 is 0. The molecule has 0 radical (unpaired) electrons. The summed E-state index contributed by atoms with van der Waals surface area (Å²) in [7, 11) is 0. The largest absolute Gasteiger partial charge is 0.395 e.